The lowest BCUT2D eigenvalue weighted by atomic mass is 9.86. The maximum atomic E-state index is 10.9. The van der Waals surface area contributed by atoms with Crippen LogP contribution in [0.3, 0.4) is 0 Å². The second kappa shape index (κ2) is 16.0. The van der Waals surface area contributed by atoms with Gasteiger partial charge in [0, 0.05) is 0 Å². The Bertz CT molecular complexity index is 943. The first-order valence-corrected chi connectivity index (χ1v) is 13.9. The van der Waals surface area contributed by atoms with Gasteiger partial charge in [0.1, 0.15) is 79.4 Å². The molecule has 0 aromatic heterocycles. The van der Waals surface area contributed by atoms with Crippen LogP contribution in [-0.2, 0) is 23.7 Å². The lowest BCUT2D eigenvalue weighted by Gasteiger charge is -2.48. The van der Waals surface area contributed by atoms with Crippen LogP contribution >= 0.6 is 0 Å². The third-order valence-electron chi connectivity index (χ3n) is 8.03. The molecular formula is C25H43NO18. The van der Waals surface area contributed by atoms with Crippen molar-refractivity contribution in [2.45, 2.75) is 117 Å². The number of nitrogens with one attached hydrogen (secondary N) is 1. The highest BCUT2D eigenvalue weighted by Crippen LogP contribution is 2.31. The molecule has 0 bridgehead atoms. The van der Waals surface area contributed by atoms with Gasteiger partial charge in [-0.1, -0.05) is 6.08 Å². The fraction of sp³-hybridized carbons (Fsp3) is 0.880. The molecule has 2 fully saturated rings. The lowest BCUT2D eigenvalue weighted by Crippen LogP contribution is -2.68. The molecule has 256 valence electrons. The number of hydrogen-bond acceptors (Lipinski definition) is 19. The first-order valence-electron chi connectivity index (χ1n) is 13.9. The molecule has 2 saturated heterocycles. The highest BCUT2D eigenvalue weighted by molar-refractivity contribution is 5.56. The first-order chi connectivity index (χ1) is 20.7. The van der Waals surface area contributed by atoms with E-state index >= 15 is 0 Å². The van der Waals surface area contributed by atoms with Crippen molar-refractivity contribution in [1.82, 2.24) is 5.32 Å². The predicted molar refractivity (Wildman–Crippen MR) is 139 cm³/mol. The van der Waals surface area contributed by atoms with Crippen LogP contribution in [-0.4, -0.2) is 203 Å². The van der Waals surface area contributed by atoms with Crippen LogP contribution in [0, 0.1) is 0 Å². The Balaban J connectivity index is 1.71. The number of carbonyl (C=O) groups is 1. The van der Waals surface area contributed by atoms with Gasteiger partial charge in [0.15, 0.2) is 18.9 Å². The van der Waals surface area contributed by atoms with Crippen molar-refractivity contribution in [3.63, 3.8) is 0 Å². The largest absolute Gasteiger partial charge is 0.394 e. The lowest BCUT2D eigenvalue weighted by molar-refractivity contribution is -0.361. The zero-order chi connectivity index (χ0) is 33.0. The summed E-state index contributed by atoms with van der Waals surface area (Å²) in [5.74, 6) is 0. The fourth-order valence-electron chi connectivity index (χ4n) is 5.36. The summed E-state index contributed by atoms with van der Waals surface area (Å²) in [5, 5.41) is 135. The van der Waals surface area contributed by atoms with E-state index in [4.69, 9.17) is 18.9 Å². The maximum absolute atomic E-state index is 10.9. The number of aldehydes is 1. The standard InChI is InChI=1S/C25H43NO18/c1-7-13(26-9-2-8(3-27)14(33)18(37)15(9)34)17(36)20(39)24(41-7)44-23-12(6-30)42-25(21(40)19(23)38)43-22(11(32)5-29)16(35)10(31)4-28/h2,4,7,9-27,29-40H,3,5-6H2,1H3/t7-,9+,10+,11-,12-,13-,14-,15+,16-,17+,18-,19-,20+,21+,22-,23-,24-,25-/m1/s1. The molecule has 0 aromatic rings. The molecule has 44 heavy (non-hydrogen) atoms. The predicted octanol–water partition coefficient (Wildman–Crippen LogP) is -8.72. The topological polar surface area (TPSA) is 329 Å². The van der Waals surface area contributed by atoms with Crippen molar-refractivity contribution in [2.24, 2.45) is 0 Å². The molecule has 0 saturated carbocycles. The summed E-state index contributed by atoms with van der Waals surface area (Å²) in [5.41, 5.74) is 0.00900. The monoisotopic (exact) mass is 645 g/mol. The van der Waals surface area contributed by atoms with Gasteiger partial charge in [-0.2, -0.15) is 0 Å². The molecule has 2 aliphatic heterocycles. The van der Waals surface area contributed by atoms with Gasteiger partial charge in [0.25, 0.3) is 0 Å². The molecule has 19 nitrogen and oxygen atoms in total. The Kier molecular flexibility index (Phi) is 13.5. The molecule has 0 amide bonds. The van der Waals surface area contributed by atoms with Crippen LogP contribution in [0.2, 0.25) is 0 Å². The van der Waals surface area contributed by atoms with Crippen molar-refractivity contribution >= 4 is 6.29 Å². The summed E-state index contributed by atoms with van der Waals surface area (Å²) in [6.45, 7) is -1.08. The van der Waals surface area contributed by atoms with Gasteiger partial charge in [-0.05, 0) is 12.5 Å². The van der Waals surface area contributed by atoms with E-state index < -0.39 is 130 Å². The average Bonchev–Trinajstić information content (AvgIpc) is 3.02. The molecular weight excluding hydrogens is 602 g/mol. The first kappa shape index (κ1) is 37.2. The molecule has 1 aliphatic carbocycles. The van der Waals surface area contributed by atoms with Crippen molar-refractivity contribution in [3.05, 3.63) is 11.6 Å². The minimum atomic E-state index is -2.10. The number of carbonyl (C=O) groups excluding carboxylic acids is 1. The Labute approximate surface area is 250 Å². The minimum Gasteiger partial charge on any atom is -0.394 e. The average molecular weight is 646 g/mol. The second-order valence-corrected chi connectivity index (χ2v) is 11.0. The second-order valence-electron chi connectivity index (χ2n) is 11.0. The van der Waals surface area contributed by atoms with Crippen LogP contribution in [0.4, 0.5) is 0 Å². The minimum absolute atomic E-state index is 0.00900. The van der Waals surface area contributed by atoms with E-state index in [9.17, 15) is 71.2 Å². The van der Waals surface area contributed by atoms with E-state index in [0.717, 1.165) is 0 Å². The van der Waals surface area contributed by atoms with Crippen molar-refractivity contribution in [3.8, 4) is 0 Å². The van der Waals surface area contributed by atoms with Gasteiger partial charge in [-0.15, -0.1) is 0 Å². The Morgan fingerprint density at radius 1 is 0.886 bits per heavy atom. The van der Waals surface area contributed by atoms with Crippen LogP contribution in [0.5, 0.6) is 0 Å². The maximum Gasteiger partial charge on any atom is 0.187 e. The van der Waals surface area contributed by atoms with E-state index in [0.29, 0.717) is 0 Å². The number of rotatable bonds is 13. The molecule has 3 aliphatic rings. The summed E-state index contributed by atoms with van der Waals surface area (Å²) >= 11 is 0. The van der Waals surface area contributed by atoms with Gasteiger partial charge in [0.05, 0.1) is 38.0 Å². The quantitative estimate of drug-likeness (QED) is 0.0653. The summed E-state index contributed by atoms with van der Waals surface area (Å²) in [4.78, 5) is 10.9. The summed E-state index contributed by atoms with van der Waals surface area (Å²) in [6, 6.07) is -2.21. The van der Waals surface area contributed by atoms with E-state index in [-0.39, 0.29) is 11.9 Å². The SMILES string of the molecule is C[C@H]1O[C@H](O[C@H]2[C@H](O)[C@H](O)[C@@H](O[C@@H]([C@H](O)[C@@H](O)C=O)[C@H](O)CO)O[C@@H]2CO)[C@@H](O)[C@@H](O)[C@@H]1N[C@H]1C=C(CO)[C@@H](O)[C@@H](O)[C@H]1O. The van der Waals surface area contributed by atoms with Crippen LogP contribution in [0.1, 0.15) is 6.92 Å². The van der Waals surface area contributed by atoms with Crippen molar-refractivity contribution < 1.29 is 90.1 Å². The van der Waals surface area contributed by atoms with Gasteiger partial charge in [-0.3, -0.25) is 0 Å². The number of ether oxygens (including phenoxy) is 4. The third-order valence-corrected chi connectivity index (χ3v) is 8.03. The molecule has 2 heterocycles. The molecule has 14 N–H and O–H groups in total. The number of aliphatic hydroxyl groups excluding tert-OH is 13. The number of hydrogen-bond donors (Lipinski definition) is 14. The summed E-state index contributed by atoms with van der Waals surface area (Å²) in [6.07, 6.45) is -26.8. The molecule has 3 rings (SSSR count). The molecule has 0 radical (unpaired) electrons. The Hall–Kier alpha value is -1.31. The van der Waals surface area contributed by atoms with Gasteiger partial charge >= 0.3 is 0 Å². The zero-order valence-corrected chi connectivity index (χ0v) is 23.5. The van der Waals surface area contributed by atoms with Crippen molar-refractivity contribution in [1.29, 1.82) is 0 Å². The summed E-state index contributed by atoms with van der Waals surface area (Å²) in [7, 11) is 0. The van der Waals surface area contributed by atoms with Gasteiger partial charge in [0.2, 0.25) is 0 Å². The molecule has 18 atom stereocenters. The Morgan fingerprint density at radius 3 is 2.09 bits per heavy atom. The van der Waals surface area contributed by atoms with Crippen LogP contribution in [0.15, 0.2) is 11.6 Å². The smallest absolute Gasteiger partial charge is 0.187 e. The van der Waals surface area contributed by atoms with Gasteiger partial charge in [-0.25, -0.2) is 0 Å². The molecule has 0 spiro atoms. The zero-order valence-electron chi connectivity index (χ0n) is 23.5. The summed E-state index contributed by atoms with van der Waals surface area (Å²) < 4.78 is 22.0. The van der Waals surface area contributed by atoms with Crippen LogP contribution in [0.25, 0.3) is 0 Å². The molecule has 19 heteroatoms. The van der Waals surface area contributed by atoms with Crippen LogP contribution < -0.4 is 5.32 Å². The van der Waals surface area contributed by atoms with Crippen molar-refractivity contribution in [2.75, 3.05) is 19.8 Å². The fourth-order valence-corrected chi connectivity index (χ4v) is 5.36. The number of aliphatic hydroxyl groups is 13. The normalized spacial score (nSPS) is 44.4. The van der Waals surface area contributed by atoms with Gasteiger partial charge < -0.3 is 95.4 Å². The van der Waals surface area contributed by atoms with E-state index in [2.05, 4.69) is 5.32 Å². The third kappa shape index (κ3) is 7.79. The molecule has 0 aromatic carbocycles. The van der Waals surface area contributed by atoms with E-state index in [1.807, 2.05) is 0 Å². The van der Waals surface area contributed by atoms with E-state index in [1.165, 1.54) is 13.0 Å². The van der Waals surface area contributed by atoms with E-state index in [1.54, 1.807) is 0 Å². The Morgan fingerprint density at radius 2 is 1.52 bits per heavy atom. The highest BCUT2D eigenvalue weighted by Gasteiger charge is 2.52. The molecule has 0 unspecified atom stereocenters. The highest BCUT2D eigenvalue weighted by atomic mass is 16.7.